The van der Waals surface area contributed by atoms with Crippen molar-refractivity contribution in [2.45, 2.75) is 25.2 Å². The summed E-state index contributed by atoms with van der Waals surface area (Å²) in [5.41, 5.74) is 0.901. The summed E-state index contributed by atoms with van der Waals surface area (Å²) in [7, 11) is -4.48. The van der Waals surface area contributed by atoms with Crippen LogP contribution in [0.1, 0.15) is 20.3 Å². The Morgan fingerprint density at radius 3 is 2.30 bits per heavy atom. The zero-order valence-electron chi connectivity index (χ0n) is 11.9. The highest BCUT2D eigenvalue weighted by Gasteiger charge is 2.13. The normalized spacial score (nSPS) is 13.1. The van der Waals surface area contributed by atoms with Crippen LogP contribution in [0, 0.1) is 0 Å². The number of rotatable bonds is 9. The van der Waals surface area contributed by atoms with Crippen molar-refractivity contribution < 1.29 is 12.6 Å². The van der Waals surface area contributed by atoms with Gasteiger partial charge in [0, 0.05) is 41.1 Å². The molecule has 0 saturated heterocycles. The molecule has 1 unspecified atom stereocenters. The van der Waals surface area contributed by atoms with E-state index in [0.717, 1.165) is 18.7 Å². The number of hydrogen-bond donors (Lipinski definition) is 2. The fraction of sp³-hybridized carbons (Fsp3) is 0.538. The monoisotopic (exact) mass is 318 g/mol. The molecule has 1 atom stereocenters. The molecule has 0 aliphatic carbocycles. The first-order valence-corrected chi connectivity index (χ1v) is 9.65. The zero-order valence-corrected chi connectivity index (χ0v) is 13.5. The van der Waals surface area contributed by atoms with Gasteiger partial charge < -0.3 is 5.32 Å². The van der Waals surface area contributed by atoms with E-state index in [-0.39, 0.29) is 11.4 Å². The Kier molecular flexibility index (Phi) is 7.18. The molecule has 20 heavy (non-hydrogen) atoms. The molecule has 0 fully saturated rings. The van der Waals surface area contributed by atoms with Crippen LogP contribution in [0.5, 0.6) is 0 Å². The van der Waals surface area contributed by atoms with Crippen molar-refractivity contribution >= 4 is 26.5 Å². The van der Waals surface area contributed by atoms with Crippen LogP contribution in [0.15, 0.2) is 29.2 Å². The number of anilines is 1. The van der Waals surface area contributed by atoms with Crippen molar-refractivity contribution in [2.75, 3.05) is 29.9 Å². The topological polar surface area (TPSA) is 75.3 Å². The lowest BCUT2D eigenvalue weighted by atomic mass is 10.3. The van der Waals surface area contributed by atoms with Gasteiger partial charge in [-0.05, 0) is 30.7 Å². The Morgan fingerprint density at radius 2 is 1.75 bits per heavy atom. The average molecular weight is 318 g/mol. The zero-order chi connectivity index (χ0) is 15.0. The van der Waals surface area contributed by atoms with E-state index in [1.54, 1.807) is 24.3 Å². The summed E-state index contributed by atoms with van der Waals surface area (Å²) in [6, 6.07) is 6.62. The molecule has 0 radical (unpaired) electrons. The van der Waals surface area contributed by atoms with E-state index in [2.05, 4.69) is 17.0 Å². The third kappa shape index (κ3) is 5.60. The maximum atomic E-state index is 12.0. The molecule has 2 N–H and O–H groups in total. The number of benzene rings is 1. The number of hydrogen-bond acceptors (Lipinski definition) is 4. The second-order valence-electron chi connectivity index (χ2n) is 4.28. The molecule has 1 aromatic rings. The molecule has 114 valence electrons. The maximum absolute atomic E-state index is 12.0. The van der Waals surface area contributed by atoms with E-state index in [0.29, 0.717) is 11.5 Å². The van der Waals surface area contributed by atoms with E-state index < -0.39 is 20.8 Å². The molecule has 0 aliphatic heterocycles. The van der Waals surface area contributed by atoms with Crippen LogP contribution >= 0.6 is 0 Å². The average Bonchev–Trinajstić information content (AvgIpc) is 2.45. The number of sulfonamides is 1. The molecule has 0 saturated carbocycles. The fourth-order valence-corrected chi connectivity index (χ4v) is 3.32. The lowest BCUT2D eigenvalue weighted by Gasteiger charge is -2.08. The third-order valence-electron chi connectivity index (χ3n) is 2.69. The van der Waals surface area contributed by atoms with E-state index >= 15 is 0 Å². The first-order valence-electron chi connectivity index (χ1n) is 6.68. The van der Waals surface area contributed by atoms with E-state index in [1.165, 1.54) is 0 Å². The molecular weight excluding hydrogens is 296 g/mol. The van der Waals surface area contributed by atoms with Gasteiger partial charge in [0.05, 0.1) is 4.90 Å². The molecule has 1 rings (SSSR count). The third-order valence-corrected chi connectivity index (χ3v) is 5.47. The largest absolute Gasteiger partial charge is 0.385 e. The van der Waals surface area contributed by atoms with Gasteiger partial charge in [-0.1, -0.05) is 13.8 Å². The second-order valence-corrected chi connectivity index (χ2v) is 7.91. The van der Waals surface area contributed by atoms with Crippen LogP contribution < -0.4 is 10.0 Å². The molecule has 0 bridgehead atoms. The van der Waals surface area contributed by atoms with E-state index in [4.69, 9.17) is 0 Å². The predicted octanol–water partition coefficient (Wildman–Crippen LogP) is 1.56. The van der Waals surface area contributed by atoms with Gasteiger partial charge in [-0.15, -0.1) is 0 Å². The van der Waals surface area contributed by atoms with Crippen LogP contribution in [0.2, 0.25) is 0 Å². The minimum atomic E-state index is -3.51. The summed E-state index contributed by atoms with van der Waals surface area (Å²) in [5.74, 6) is 0.880. The van der Waals surface area contributed by atoms with Gasteiger partial charge in [0.15, 0.2) is 0 Å². The minimum Gasteiger partial charge on any atom is -0.385 e. The number of nitrogens with one attached hydrogen (secondary N) is 2. The van der Waals surface area contributed by atoms with Crippen molar-refractivity contribution in [1.82, 2.24) is 4.72 Å². The fourth-order valence-electron chi connectivity index (χ4n) is 1.54. The maximum Gasteiger partial charge on any atom is 0.240 e. The molecule has 0 heterocycles. The Hall–Kier alpha value is -0.920. The summed E-state index contributed by atoms with van der Waals surface area (Å²) in [6.45, 7) is 4.93. The second kappa shape index (κ2) is 8.39. The predicted molar refractivity (Wildman–Crippen MR) is 84.0 cm³/mol. The molecule has 7 heteroatoms. The first kappa shape index (κ1) is 17.1. The molecule has 0 spiro atoms. The highest BCUT2D eigenvalue weighted by atomic mass is 32.2. The Bertz CT molecular complexity index is 527. The van der Waals surface area contributed by atoms with Gasteiger partial charge in [-0.25, -0.2) is 13.1 Å². The van der Waals surface area contributed by atoms with E-state index in [1.807, 2.05) is 6.92 Å². The van der Waals surface area contributed by atoms with Crippen molar-refractivity contribution in [3.05, 3.63) is 24.3 Å². The summed E-state index contributed by atoms with van der Waals surface area (Å²) in [6.07, 6.45) is 1.01. The summed E-state index contributed by atoms with van der Waals surface area (Å²) in [5, 5.41) is 3.18. The van der Waals surface area contributed by atoms with Crippen molar-refractivity contribution in [2.24, 2.45) is 0 Å². The van der Waals surface area contributed by atoms with Crippen LogP contribution in [-0.4, -0.2) is 37.2 Å². The first-order chi connectivity index (χ1) is 9.49. The summed E-state index contributed by atoms with van der Waals surface area (Å²) < 4.78 is 37.7. The highest BCUT2D eigenvalue weighted by molar-refractivity contribution is 7.89. The summed E-state index contributed by atoms with van der Waals surface area (Å²) >= 11 is 0. The van der Waals surface area contributed by atoms with Crippen LogP contribution in [0.4, 0.5) is 5.69 Å². The lowest BCUT2D eigenvalue weighted by Crippen LogP contribution is -2.28. The van der Waals surface area contributed by atoms with Gasteiger partial charge in [-0.2, -0.15) is 0 Å². The quantitative estimate of drug-likeness (QED) is 0.724. The molecule has 0 aliphatic rings. The van der Waals surface area contributed by atoms with Crippen molar-refractivity contribution in [3.63, 3.8) is 0 Å². The summed E-state index contributed by atoms with van der Waals surface area (Å²) in [4.78, 5) is 0.224. The smallest absolute Gasteiger partial charge is 0.240 e. The molecular formula is C13H22N2O3S2. The molecule has 1 aromatic carbocycles. The van der Waals surface area contributed by atoms with Gasteiger partial charge >= 0.3 is 0 Å². The molecule has 0 amide bonds. The molecule has 5 nitrogen and oxygen atoms in total. The van der Waals surface area contributed by atoms with Crippen molar-refractivity contribution in [3.8, 4) is 0 Å². The van der Waals surface area contributed by atoms with Gasteiger partial charge in [-0.3, -0.25) is 4.21 Å². The van der Waals surface area contributed by atoms with Gasteiger partial charge in [0.1, 0.15) is 0 Å². The minimum absolute atomic E-state index is 0.193. The van der Waals surface area contributed by atoms with Gasteiger partial charge in [0.25, 0.3) is 0 Å². The Labute approximate surface area is 123 Å². The van der Waals surface area contributed by atoms with Crippen LogP contribution in [0.25, 0.3) is 0 Å². The SMILES string of the molecule is CCCNc1ccc(S(=O)(=O)NCCS(=O)CC)cc1. The Morgan fingerprint density at radius 1 is 1.10 bits per heavy atom. The highest BCUT2D eigenvalue weighted by Crippen LogP contribution is 2.13. The molecule has 0 aromatic heterocycles. The lowest BCUT2D eigenvalue weighted by molar-refractivity contribution is 0.584. The van der Waals surface area contributed by atoms with Crippen LogP contribution in [0.3, 0.4) is 0 Å². The standard InChI is InChI=1S/C13H22N2O3S2/c1-3-9-14-12-5-7-13(8-6-12)20(17,18)15-10-11-19(16)4-2/h5-8,14-15H,3-4,9-11H2,1-2H3. The van der Waals surface area contributed by atoms with Gasteiger partial charge in [0.2, 0.25) is 10.0 Å². The van der Waals surface area contributed by atoms with E-state index in [9.17, 15) is 12.6 Å². The van der Waals surface area contributed by atoms with Crippen molar-refractivity contribution in [1.29, 1.82) is 0 Å². The van der Waals surface area contributed by atoms with Crippen LogP contribution in [-0.2, 0) is 20.8 Å². The Balaban J connectivity index is 2.61.